The van der Waals surface area contributed by atoms with E-state index in [1.807, 2.05) is 26.8 Å². The van der Waals surface area contributed by atoms with Gasteiger partial charge in [-0.2, -0.15) is 0 Å². The zero-order valence-corrected chi connectivity index (χ0v) is 11.8. The van der Waals surface area contributed by atoms with E-state index in [-0.39, 0.29) is 6.42 Å². The summed E-state index contributed by atoms with van der Waals surface area (Å²) in [6.07, 6.45) is 1.43. The summed E-state index contributed by atoms with van der Waals surface area (Å²) in [4.78, 5) is 10.5. The lowest BCUT2D eigenvalue weighted by atomic mass is 9.99. The molecule has 0 aromatic heterocycles. The van der Waals surface area contributed by atoms with Gasteiger partial charge in [-0.05, 0) is 56.4 Å². The molecule has 0 atom stereocenters. The number of carbonyl (C=O) groups is 1. The molecule has 0 amide bonds. The number of rotatable bonds is 6. The standard InChI is InChI=1S/C14H19ClO3/c1-4-18-12-8-9(2)14(15)10(3)11(12)6-5-7-13(16)17/h8H,4-7H2,1-3H3,(H,16,17). The molecule has 0 aliphatic heterocycles. The molecule has 100 valence electrons. The van der Waals surface area contributed by atoms with Crippen LogP contribution in [0.1, 0.15) is 36.5 Å². The van der Waals surface area contributed by atoms with Crippen LogP contribution in [0.2, 0.25) is 5.02 Å². The zero-order valence-electron chi connectivity index (χ0n) is 11.0. The van der Waals surface area contributed by atoms with Crippen LogP contribution in [0.4, 0.5) is 0 Å². The minimum atomic E-state index is -0.774. The maximum absolute atomic E-state index is 10.5. The molecule has 0 radical (unpaired) electrons. The lowest BCUT2D eigenvalue weighted by Crippen LogP contribution is -2.03. The van der Waals surface area contributed by atoms with Crippen molar-refractivity contribution < 1.29 is 14.6 Å². The van der Waals surface area contributed by atoms with Crippen molar-refractivity contribution in [2.24, 2.45) is 0 Å². The monoisotopic (exact) mass is 270 g/mol. The van der Waals surface area contributed by atoms with Crippen LogP contribution in [0.5, 0.6) is 5.75 Å². The Morgan fingerprint density at radius 2 is 2.11 bits per heavy atom. The van der Waals surface area contributed by atoms with Gasteiger partial charge >= 0.3 is 5.97 Å². The van der Waals surface area contributed by atoms with Gasteiger partial charge in [0.25, 0.3) is 0 Å². The molecule has 0 spiro atoms. The number of carboxylic acid groups (broad SMARTS) is 1. The fraction of sp³-hybridized carbons (Fsp3) is 0.500. The SMILES string of the molecule is CCOc1cc(C)c(Cl)c(C)c1CCCC(=O)O. The van der Waals surface area contributed by atoms with Gasteiger partial charge in [-0.25, -0.2) is 0 Å². The van der Waals surface area contributed by atoms with E-state index in [0.29, 0.717) is 19.4 Å². The molecule has 3 nitrogen and oxygen atoms in total. The van der Waals surface area contributed by atoms with Crippen molar-refractivity contribution in [3.63, 3.8) is 0 Å². The van der Waals surface area contributed by atoms with Gasteiger partial charge in [0.05, 0.1) is 6.61 Å². The van der Waals surface area contributed by atoms with Crippen LogP contribution in [-0.4, -0.2) is 17.7 Å². The van der Waals surface area contributed by atoms with Crippen molar-refractivity contribution in [1.82, 2.24) is 0 Å². The summed E-state index contributed by atoms with van der Waals surface area (Å²) in [6, 6.07) is 1.93. The second-order valence-electron chi connectivity index (χ2n) is 4.29. The summed E-state index contributed by atoms with van der Waals surface area (Å²) in [5, 5.41) is 9.41. The van der Waals surface area contributed by atoms with E-state index in [4.69, 9.17) is 21.4 Å². The largest absolute Gasteiger partial charge is 0.494 e. The number of benzene rings is 1. The number of hydrogen-bond donors (Lipinski definition) is 1. The Bertz CT molecular complexity index is 441. The first kappa shape index (κ1) is 14.8. The number of carboxylic acids is 1. The predicted molar refractivity (Wildman–Crippen MR) is 72.7 cm³/mol. The fourth-order valence-electron chi connectivity index (χ4n) is 1.97. The molecule has 0 heterocycles. The molecule has 1 N–H and O–H groups in total. The Morgan fingerprint density at radius 1 is 1.44 bits per heavy atom. The normalized spacial score (nSPS) is 10.4. The van der Waals surface area contributed by atoms with Gasteiger partial charge in [0.1, 0.15) is 5.75 Å². The van der Waals surface area contributed by atoms with Crippen LogP contribution in [0.15, 0.2) is 6.07 Å². The van der Waals surface area contributed by atoms with Gasteiger partial charge in [-0.15, -0.1) is 0 Å². The second-order valence-corrected chi connectivity index (χ2v) is 4.67. The maximum Gasteiger partial charge on any atom is 0.303 e. The van der Waals surface area contributed by atoms with Crippen LogP contribution >= 0.6 is 11.6 Å². The summed E-state index contributed by atoms with van der Waals surface area (Å²) in [6.45, 7) is 6.42. The van der Waals surface area contributed by atoms with Gasteiger partial charge in [0, 0.05) is 11.4 Å². The molecule has 0 saturated carbocycles. The van der Waals surface area contributed by atoms with Crippen molar-refractivity contribution in [2.45, 2.75) is 40.0 Å². The number of aliphatic carboxylic acids is 1. The first-order chi connectivity index (χ1) is 8.47. The summed E-state index contributed by atoms with van der Waals surface area (Å²) in [5.74, 6) is 0.0473. The van der Waals surface area contributed by atoms with Gasteiger partial charge < -0.3 is 9.84 Å². The van der Waals surface area contributed by atoms with Gasteiger partial charge in [0.15, 0.2) is 0 Å². The van der Waals surface area contributed by atoms with Crippen LogP contribution in [0, 0.1) is 13.8 Å². The minimum absolute atomic E-state index is 0.163. The van der Waals surface area contributed by atoms with Crippen molar-refractivity contribution >= 4 is 17.6 Å². The summed E-state index contributed by atoms with van der Waals surface area (Å²) < 4.78 is 5.61. The molecule has 0 unspecified atom stereocenters. The van der Waals surface area contributed by atoms with Crippen LogP contribution in [-0.2, 0) is 11.2 Å². The Balaban J connectivity index is 2.98. The fourth-order valence-corrected chi connectivity index (χ4v) is 2.14. The van der Waals surface area contributed by atoms with Crippen LogP contribution < -0.4 is 4.74 Å². The highest BCUT2D eigenvalue weighted by Crippen LogP contribution is 2.32. The Kier molecular flexibility index (Phi) is 5.48. The highest BCUT2D eigenvalue weighted by atomic mass is 35.5. The number of halogens is 1. The molecule has 0 aliphatic rings. The number of ether oxygens (including phenoxy) is 1. The zero-order chi connectivity index (χ0) is 13.7. The van der Waals surface area contributed by atoms with Gasteiger partial charge in [-0.3, -0.25) is 4.79 Å². The molecule has 0 fully saturated rings. The smallest absolute Gasteiger partial charge is 0.303 e. The average Bonchev–Trinajstić information content (AvgIpc) is 2.30. The molecular weight excluding hydrogens is 252 g/mol. The molecule has 1 aromatic carbocycles. The lowest BCUT2D eigenvalue weighted by Gasteiger charge is -2.16. The number of aryl methyl sites for hydroxylation is 1. The lowest BCUT2D eigenvalue weighted by molar-refractivity contribution is -0.137. The highest BCUT2D eigenvalue weighted by Gasteiger charge is 2.13. The van der Waals surface area contributed by atoms with E-state index in [9.17, 15) is 4.79 Å². The first-order valence-corrected chi connectivity index (χ1v) is 6.48. The van der Waals surface area contributed by atoms with E-state index < -0.39 is 5.97 Å². The summed E-state index contributed by atoms with van der Waals surface area (Å²) in [7, 11) is 0. The second kappa shape index (κ2) is 6.64. The Morgan fingerprint density at radius 3 is 2.67 bits per heavy atom. The van der Waals surface area contributed by atoms with Crippen LogP contribution in [0.3, 0.4) is 0 Å². The molecule has 0 aliphatic carbocycles. The maximum atomic E-state index is 10.5. The van der Waals surface area contributed by atoms with E-state index in [2.05, 4.69) is 0 Å². The third-order valence-corrected chi connectivity index (χ3v) is 3.47. The predicted octanol–water partition coefficient (Wildman–Crippen LogP) is 3.76. The molecule has 0 saturated heterocycles. The quantitative estimate of drug-likeness (QED) is 0.856. The van der Waals surface area contributed by atoms with Gasteiger partial charge in [-0.1, -0.05) is 11.6 Å². The van der Waals surface area contributed by atoms with E-state index in [1.54, 1.807) is 0 Å². The van der Waals surface area contributed by atoms with Crippen molar-refractivity contribution in [3.05, 3.63) is 27.8 Å². The Hall–Kier alpha value is -1.22. The minimum Gasteiger partial charge on any atom is -0.494 e. The van der Waals surface area contributed by atoms with E-state index in [1.165, 1.54) is 0 Å². The number of hydrogen-bond acceptors (Lipinski definition) is 2. The van der Waals surface area contributed by atoms with Crippen molar-refractivity contribution in [1.29, 1.82) is 0 Å². The molecular formula is C14H19ClO3. The molecule has 0 bridgehead atoms. The summed E-state index contributed by atoms with van der Waals surface area (Å²) >= 11 is 6.22. The topological polar surface area (TPSA) is 46.5 Å². The molecule has 1 aromatic rings. The molecule has 1 rings (SSSR count). The highest BCUT2D eigenvalue weighted by molar-refractivity contribution is 6.32. The Labute approximate surface area is 113 Å². The third-order valence-electron chi connectivity index (χ3n) is 2.89. The van der Waals surface area contributed by atoms with Crippen molar-refractivity contribution in [3.8, 4) is 5.75 Å². The van der Waals surface area contributed by atoms with Crippen LogP contribution in [0.25, 0.3) is 0 Å². The summed E-state index contributed by atoms with van der Waals surface area (Å²) in [5.41, 5.74) is 3.00. The van der Waals surface area contributed by atoms with Crippen molar-refractivity contribution in [2.75, 3.05) is 6.61 Å². The van der Waals surface area contributed by atoms with Gasteiger partial charge in [0.2, 0.25) is 0 Å². The molecule has 18 heavy (non-hydrogen) atoms. The average molecular weight is 271 g/mol. The van der Waals surface area contributed by atoms with E-state index in [0.717, 1.165) is 27.5 Å². The van der Waals surface area contributed by atoms with E-state index >= 15 is 0 Å². The molecule has 4 heteroatoms. The third kappa shape index (κ3) is 3.64. The first-order valence-electron chi connectivity index (χ1n) is 6.10.